The van der Waals surface area contributed by atoms with E-state index in [2.05, 4.69) is 0 Å². The van der Waals surface area contributed by atoms with Crippen LogP contribution in [0.1, 0.15) is 48.0 Å². The number of likely N-dealkylation sites (tertiary alicyclic amines) is 2. The van der Waals surface area contributed by atoms with Crippen LogP contribution in [0.5, 0.6) is 0 Å². The van der Waals surface area contributed by atoms with Crippen molar-refractivity contribution in [3.8, 4) is 0 Å². The Kier molecular flexibility index (Phi) is 5.91. The highest BCUT2D eigenvalue weighted by atomic mass is 16.4. The van der Waals surface area contributed by atoms with E-state index in [-0.39, 0.29) is 23.8 Å². The number of rotatable bonds is 5. The molecule has 2 saturated heterocycles. The number of carbonyl (C=O) groups excluding carboxylic acids is 2. The summed E-state index contributed by atoms with van der Waals surface area (Å²) >= 11 is 0. The molecule has 2 aliphatic rings. The maximum absolute atomic E-state index is 12.6. The second kappa shape index (κ2) is 8.34. The number of piperidine rings is 2. The van der Waals surface area contributed by atoms with Gasteiger partial charge in [-0.1, -0.05) is 18.2 Å². The minimum Gasteiger partial charge on any atom is -0.478 e. The summed E-state index contributed by atoms with van der Waals surface area (Å²) in [5.41, 5.74) is 0.755. The van der Waals surface area contributed by atoms with Crippen LogP contribution in [-0.2, 0) is 16.0 Å². The summed E-state index contributed by atoms with van der Waals surface area (Å²) in [6.07, 6.45) is 4.68. The molecule has 0 atom stereocenters. The smallest absolute Gasteiger partial charge is 0.335 e. The summed E-state index contributed by atoms with van der Waals surface area (Å²) in [6.45, 7) is 3.04. The molecular formula is C20H26N2O4. The molecule has 26 heavy (non-hydrogen) atoms. The highest BCUT2D eigenvalue weighted by Crippen LogP contribution is 2.22. The number of benzene rings is 1. The van der Waals surface area contributed by atoms with Gasteiger partial charge in [0.1, 0.15) is 0 Å². The van der Waals surface area contributed by atoms with Gasteiger partial charge >= 0.3 is 5.97 Å². The fourth-order valence-electron chi connectivity index (χ4n) is 3.89. The van der Waals surface area contributed by atoms with Gasteiger partial charge < -0.3 is 14.9 Å². The molecule has 0 aromatic heterocycles. The minimum absolute atomic E-state index is 0.0220. The Labute approximate surface area is 153 Å². The second-order valence-corrected chi connectivity index (χ2v) is 7.26. The average Bonchev–Trinajstić information content (AvgIpc) is 2.64. The van der Waals surface area contributed by atoms with Crippen molar-refractivity contribution in [2.24, 2.45) is 5.92 Å². The van der Waals surface area contributed by atoms with Gasteiger partial charge in [-0.25, -0.2) is 4.79 Å². The number of carboxylic acids is 1. The van der Waals surface area contributed by atoms with E-state index in [9.17, 15) is 19.5 Å². The lowest BCUT2D eigenvalue weighted by Crippen LogP contribution is -2.44. The van der Waals surface area contributed by atoms with E-state index in [0.29, 0.717) is 31.0 Å². The molecule has 6 nitrogen and oxygen atoms in total. The Balaban J connectivity index is 1.51. The van der Waals surface area contributed by atoms with Crippen molar-refractivity contribution in [1.29, 1.82) is 0 Å². The maximum Gasteiger partial charge on any atom is 0.335 e. The molecule has 2 amide bonds. The Morgan fingerprint density at radius 2 is 1.81 bits per heavy atom. The van der Waals surface area contributed by atoms with Gasteiger partial charge in [0.25, 0.3) is 0 Å². The monoisotopic (exact) mass is 358 g/mol. The SMILES string of the molecule is O=C(O)c1ccccc1CC(=O)N1CCC(CN2CCCCC2=O)CC1. The molecule has 2 fully saturated rings. The maximum atomic E-state index is 12.6. The fraction of sp³-hybridized carbons (Fsp3) is 0.550. The lowest BCUT2D eigenvalue weighted by atomic mass is 9.94. The molecule has 0 bridgehead atoms. The summed E-state index contributed by atoms with van der Waals surface area (Å²) in [4.78, 5) is 39.6. The van der Waals surface area contributed by atoms with Crippen LogP contribution in [0.3, 0.4) is 0 Å². The zero-order valence-corrected chi connectivity index (χ0v) is 15.0. The summed E-state index contributed by atoms with van der Waals surface area (Å²) in [6, 6.07) is 6.67. The molecule has 0 unspecified atom stereocenters. The van der Waals surface area contributed by atoms with Crippen LogP contribution in [0.2, 0.25) is 0 Å². The van der Waals surface area contributed by atoms with E-state index in [1.807, 2.05) is 9.80 Å². The van der Waals surface area contributed by atoms with E-state index in [1.165, 1.54) is 6.07 Å². The molecule has 0 aliphatic carbocycles. The van der Waals surface area contributed by atoms with Gasteiger partial charge in [0.2, 0.25) is 11.8 Å². The third-order valence-corrected chi connectivity index (χ3v) is 5.46. The molecule has 140 valence electrons. The fourth-order valence-corrected chi connectivity index (χ4v) is 3.89. The van der Waals surface area contributed by atoms with Crippen LogP contribution in [0.4, 0.5) is 0 Å². The highest BCUT2D eigenvalue weighted by molar-refractivity contribution is 5.91. The summed E-state index contributed by atoms with van der Waals surface area (Å²) in [5, 5.41) is 9.24. The topological polar surface area (TPSA) is 77.9 Å². The van der Waals surface area contributed by atoms with Gasteiger partial charge in [-0.3, -0.25) is 9.59 Å². The van der Waals surface area contributed by atoms with Crippen LogP contribution in [0.15, 0.2) is 24.3 Å². The second-order valence-electron chi connectivity index (χ2n) is 7.26. The third-order valence-electron chi connectivity index (χ3n) is 5.46. The standard InChI is InChI=1S/C20H26N2O4/c23-18-7-3-4-10-22(18)14-15-8-11-21(12-9-15)19(24)13-16-5-1-2-6-17(16)20(25)26/h1-2,5-6,15H,3-4,7-14H2,(H,25,26). The zero-order chi connectivity index (χ0) is 18.5. The predicted octanol–water partition coefficient (Wildman–Crippen LogP) is 2.18. The molecule has 1 aromatic rings. The van der Waals surface area contributed by atoms with Crippen LogP contribution < -0.4 is 0 Å². The van der Waals surface area contributed by atoms with E-state index < -0.39 is 5.97 Å². The molecule has 3 rings (SSSR count). The van der Waals surface area contributed by atoms with Gasteiger partial charge in [-0.15, -0.1) is 0 Å². The van der Waals surface area contributed by atoms with Crippen LogP contribution >= 0.6 is 0 Å². The molecule has 1 N–H and O–H groups in total. The van der Waals surface area contributed by atoms with Crippen molar-refractivity contribution in [2.75, 3.05) is 26.2 Å². The van der Waals surface area contributed by atoms with Crippen molar-refractivity contribution in [3.05, 3.63) is 35.4 Å². The number of amides is 2. The average molecular weight is 358 g/mol. The van der Waals surface area contributed by atoms with Crippen molar-refractivity contribution in [2.45, 2.75) is 38.5 Å². The first kappa shape index (κ1) is 18.4. The van der Waals surface area contributed by atoms with E-state index in [0.717, 1.165) is 38.8 Å². The predicted molar refractivity (Wildman–Crippen MR) is 96.8 cm³/mol. The lowest BCUT2D eigenvalue weighted by molar-refractivity contribution is -0.136. The van der Waals surface area contributed by atoms with Crippen LogP contribution in [0, 0.1) is 5.92 Å². The molecule has 6 heteroatoms. The summed E-state index contributed by atoms with van der Waals surface area (Å²) in [5.74, 6) is -0.308. The van der Waals surface area contributed by atoms with Gasteiger partial charge in [0, 0.05) is 32.6 Å². The zero-order valence-electron chi connectivity index (χ0n) is 15.0. The van der Waals surface area contributed by atoms with Gasteiger partial charge in [0.15, 0.2) is 0 Å². The molecule has 2 heterocycles. The van der Waals surface area contributed by atoms with Gasteiger partial charge in [-0.2, -0.15) is 0 Å². The van der Waals surface area contributed by atoms with E-state index >= 15 is 0 Å². The third kappa shape index (κ3) is 4.42. The first-order valence-corrected chi connectivity index (χ1v) is 9.41. The first-order valence-electron chi connectivity index (χ1n) is 9.41. The Morgan fingerprint density at radius 1 is 1.08 bits per heavy atom. The Hall–Kier alpha value is -2.37. The molecule has 1 aromatic carbocycles. The van der Waals surface area contributed by atoms with Crippen LogP contribution in [-0.4, -0.2) is 58.9 Å². The number of carbonyl (C=O) groups is 3. The molecule has 0 saturated carbocycles. The Bertz CT molecular complexity index is 680. The van der Waals surface area contributed by atoms with Gasteiger partial charge in [0.05, 0.1) is 12.0 Å². The van der Waals surface area contributed by atoms with Crippen molar-refractivity contribution in [1.82, 2.24) is 9.80 Å². The molecule has 0 spiro atoms. The molecule has 2 aliphatic heterocycles. The highest BCUT2D eigenvalue weighted by Gasteiger charge is 2.27. The van der Waals surface area contributed by atoms with Crippen molar-refractivity contribution in [3.63, 3.8) is 0 Å². The van der Waals surface area contributed by atoms with Crippen molar-refractivity contribution >= 4 is 17.8 Å². The quantitative estimate of drug-likeness (QED) is 0.875. The first-order chi connectivity index (χ1) is 12.5. The summed E-state index contributed by atoms with van der Waals surface area (Å²) in [7, 11) is 0. The number of nitrogens with zero attached hydrogens (tertiary/aromatic N) is 2. The number of carboxylic acid groups (broad SMARTS) is 1. The van der Waals surface area contributed by atoms with Crippen molar-refractivity contribution < 1.29 is 19.5 Å². The minimum atomic E-state index is -1.00. The molecule has 0 radical (unpaired) electrons. The van der Waals surface area contributed by atoms with E-state index in [1.54, 1.807) is 18.2 Å². The molecular weight excluding hydrogens is 332 g/mol. The number of hydrogen-bond acceptors (Lipinski definition) is 3. The summed E-state index contributed by atoms with van der Waals surface area (Å²) < 4.78 is 0. The normalized spacial score (nSPS) is 18.8. The number of aromatic carboxylic acids is 1. The lowest BCUT2D eigenvalue weighted by Gasteiger charge is -2.36. The number of hydrogen-bond donors (Lipinski definition) is 1. The largest absolute Gasteiger partial charge is 0.478 e. The van der Waals surface area contributed by atoms with E-state index in [4.69, 9.17) is 0 Å². The Morgan fingerprint density at radius 3 is 2.50 bits per heavy atom. The van der Waals surface area contributed by atoms with Gasteiger partial charge in [-0.05, 0) is 43.2 Å². The van der Waals surface area contributed by atoms with Crippen LogP contribution in [0.25, 0.3) is 0 Å².